The fourth-order valence-electron chi connectivity index (χ4n) is 11.7. The number of benzene rings is 2. The third-order valence-corrected chi connectivity index (χ3v) is 13.5. The van der Waals surface area contributed by atoms with Crippen molar-refractivity contribution in [3.8, 4) is 11.5 Å². The first-order chi connectivity index (χ1) is 20.6. The van der Waals surface area contributed by atoms with Gasteiger partial charge in [0.25, 0.3) is 0 Å². The van der Waals surface area contributed by atoms with Gasteiger partial charge in [-0.15, -0.1) is 0 Å². The lowest BCUT2D eigenvalue weighted by molar-refractivity contribution is -0.0137. The van der Waals surface area contributed by atoms with Crippen molar-refractivity contribution in [2.24, 2.45) is 11.8 Å². The minimum absolute atomic E-state index is 0.329. The summed E-state index contributed by atoms with van der Waals surface area (Å²) in [5.41, 5.74) is 6.71. The highest BCUT2D eigenvalue weighted by Gasteiger charge is 2.55. The standard InChI is InChI=1S/C38H52N2O2/c41-29-13-11-27-23-35-31-9-3-5-15-37(31,33(27)25-29)17-21-39(35)19-7-1-2-8-20-40-22-18-38-16-6-4-10-32(38)36(40)24-28-12-14-30(42)26-34(28)38/h11-14,25-26,31-32,35-36,41-42H,1-10,15-24H2/t31-,32-,35+,36+,37+,38+/m0/s1. The van der Waals surface area contributed by atoms with Crippen molar-refractivity contribution in [1.29, 1.82) is 0 Å². The van der Waals surface area contributed by atoms with Crippen molar-refractivity contribution < 1.29 is 10.2 Å². The van der Waals surface area contributed by atoms with Gasteiger partial charge in [-0.25, -0.2) is 0 Å². The van der Waals surface area contributed by atoms with Crippen LogP contribution in [0.5, 0.6) is 11.5 Å². The second-order valence-corrected chi connectivity index (χ2v) is 15.2. The van der Waals surface area contributed by atoms with E-state index < -0.39 is 0 Å². The van der Waals surface area contributed by atoms with Gasteiger partial charge in [-0.2, -0.15) is 0 Å². The molecule has 0 spiro atoms. The van der Waals surface area contributed by atoms with Crippen LogP contribution in [0.25, 0.3) is 0 Å². The van der Waals surface area contributed by atoms with Crippen LogP contribution >= 0.6 is 0 Å². The molecule has 2 aromatic carbocycles. The average molecular weight is 569 g/mol. The van der Waals surface area contributed by atoms with Gasteiger partial charge in [0.2, 0.25) is 0 Å². The molecule has 226 valence electrons. The van der Waals surface area contributed by atoms with Gasteiger partial charge in [0.1, 0.15) is 11.5 Å². The number of nitrogens with zero attached hydrogens (tertiary/aromatic N) is 2. The Labute approximate surface area is 253 Å². The van der Waals surface area contributed by atoms with E-state index in [4.69, 9.17) is 0 Å². The molecule has 2 saturated heterocycles. The maximum atomic E-state index is 10.3. The molecule has 4 bridgehead atoms. The minimum Gasteiger partial charge on any atom is -0.508 e. The summed E-state index contributed by atoms with van der Waals surface area (Å²) in [6, 6.07) is 14.0. The highest BCUT2D eigenvalue weighted by Crippen LogP contribution is 2.57. The molecular weight excluding hydrogens is 516 g/mol. The fraction of sp³-hybridized carbons (Fsp3) is 0.684. The van der Waals surface area contributed by atoms with E-state index in [2.05, 4.69) is 34.1 Å². The van der Waals surface area contributed by atoms with E-state index in [0.717, 1.165) is 11.8 Å². The molecule has 4 nitrogen and oxygen atoms in total. The van der Waals surface area contributed by atoms with E-state index in [1.165, 1.54) is 151 Å². The van der Waals surface area contributed by atoms with Crippen LogP contribution in [0.3, 0.4) is 0 Å². The molecule has 2 heterocycles. The molecule has 6 aliphatic rings. The largest absolute Gasteiger partial charge is 0.508 e. The monoisotopic (exact) mass is 568 g/mol. The molecule has 0 unspecified atom stereocenters. The first-order valence-electron chi connectivity index (χ1n) is 17.7. The third kappa shape index (κ3) is 4.37. The molecule has 4 aliphatic carbocycles. The van der Waals surface area contributed by atoms with Gasteiger partial charge in [-0.3, -0.25) is 9.80 Å². The molecule has 0 radical (unpaired) electrons. The number of unbranched alkanes of at least 4 members (excludes halogenated alkanes) is 3. The normalized spacial score (nSPS) is 35.5. The molecular formula is C38H52N2O2. The molecule has 4 fully saturated rings. The van der Waals surface area contributed by atoms with Gasteiger partial charge < -0.3 is 10.2 Å². The number of fused-ring (bicyclic) bond motifs is 2. The second-order valence-electron chi connectivity index (χ2n) is 15.2. The Morgan fingerprint density at radius 1 is 0.595 bits per heavy atom. The second kappa shape index (κ2) is 10.8. The predicted octanol–water partition coefficient (Wildman–Crippen LogP) is 7.48. The summed E-state index contributed by atoms with van der Waals surface area (Å²) in [5, 5.41) is 20.6. The lowest BCUT2D eigenvalue weighted by Gasteiger charge is -2.59. The zero-order chi connectivity index (χ0) is 28.3. The highest BCUT2D eigenvalue weighted by atomic mass is 16.3. The smallest absolute Gasteiger partial charge is 0.115 e. The van der Waals surface area contributed by atoms with E-state index in [0.29, 0.717) is 34.4 Å². The topological polar surface area (TPSA) is 46.9 Å². The van der Waals surface area contributed by atoms with Gasteiger partial charge in [0, 0.05) is 22.9 Å². The highest BCUT2D eigenvalue weighted by molar-refractivity contribution is 5.46. The minimum atomic E-state index is 0.329. The van der Waals surface area contributed by atoms with E-state index in [1.54, 1.807) is 0 Å². The Morgan fingerprint density at radius 2 is 1.07 bits per heavy atom. The number of likely N-dealkylation sites (tertiary alicyclic amines) is 2. The number of piperidine rings is 2. The third-order valence-electron chi connectivity index (χ3n) is 13.5. The lowest BCUT2D eigenvalue weighted by atomic mass is 9.52. The zero-order valence-electron chi connectivity index (χ0n) is 25.7. The number of hydrogen-bond donors (Lipinski definition) is 2. The molecule has 2 aliphatic heterocycles. The SMILES string of the molecule is Oc1ccc2c(c1)[C@@]13CCCC[C@H]1[C@@H](C2)N(CCCCCCN1CC[C@]24CCCC[C@H]2[C@H]1Cc1ccc(O)cc14)CC3. The molecule has 42 heavy (non-hydrogen) atoms. The van der Waals surface area contributed by atoms with Gasteiger partial charge >= 0.3 is 0 Å². The molecule has 4 heteroatoms. The predicted molar refractivity (Wildman–Crippen MR) is 169 cm³/mol. The molecule has 0 amide bonds. The van der Waals surface area contributed by atoms with Crippen molar-refractivity contribution in [3.05, 3.63) is 58.7 Å². The number of phenolic OH excluding ortho intramolecular Hbond substituents is 2. The van der Waals surface area contributed by atoms with Gasteiger partial charge in [-0.05, 0) is 149 Å². The quantitative estimate of drug-likeness (QED) is 0.340. The molecule has 8 rings (SSSR count). The summed E-state index contributed by atoms with van der Waals surface area (Å²) >= 11 is 0. The van der Waals surface area contributed by atoms with Gasteiger partial charge in [0.15, 0.2) is 0 Å². The van der Waals surface area contributed by atoms with Crippen molar-refractivity contribution in [1.82, 2.24) is 9.80 Å². The Morgan fingerprint density at radius 3 is 1.55 bits per heavy atom. The number of aromatic hydroxyl groups is 2. The average Bonchev–Trinajstić information content (AvgIpc) is 3.01. The number of hydrogen-bond acceptors (Lipinski definition) is 4. The van der Waals surface area contributed by atoms with E-state index in [9.17, 15) is 10.2 Å². The summed E-state index contributed by atoms with van der Waals surface area (Å²) in [4.78, 5) is 5.77. The zero-order valence-corrected chi connectivity index (χ0v) is 25.7. The van der Waals surface area contributed by atoms with Crippen LogP contribution in [0.2, 0.25) is 0 Å². The number of phenols is 2. The van der Waals surface area contributed by atoms with Crippen LogP contribution in [-0.2, 0) is 23.7 Å². The Kier molecular flexibility index (Phi) is 7.10. The van der Waals surface area contributed by atoms with Crippen LogP contribution in [0.4, 0.5) is 0 Å². The Balaban J connectivity index is 0.863. The van der Waals surface area contributed by atoms with Crippen molar-refractivity contribution in [2.75, 3.05) is 26.2 Å². The maximum absolute atomic E-state index is 10.3. The molecule has 2 N–H and O–H groups in total. The van der Waals surface area contributed by atoms with Crippen molar-refractivity contribution in [2.45, 2.75) is 126 Å². The van der Waals surface area contributed by atoms with Gasteiger partial charge in [-0.1, -0.05) is 50.7 Å². The van der Waals surface area contributed by atoms with Crippen molar-refractivity contribution >= 4 is 0 Å². The first kappa shape index (κ1) is 27.5. The maximum Gasteiger partial charge on any atom is 0.115 e. The van der Waals surface area contributed by atoms with Crippen molar-refractivity contribution in [3.63, 3.8) is 0 Å². The summed E-state index contributed by atoms with van der Waals surface area (Å²) in [5.74, 6) is 2.49. The Hall–Kier alpha value is -2.04. The fourth-order valence-corrected chi connectivity index (χ4v) is 11.7. The molecule has 2 saturated carbocycles. The van der Waals surface area contributed by atoms with Crippen LogP contribution < -0.4 is 0 Å². The Bertz CT molecular complexity index is 1210. The lowest BCUT2D eigenvalue weighted by Crippen LogP contribution is -2.61. The molecule has 2 aromatic rings. The van der Waals surface area contributed by atoms with Crippen LogP contribution in [0, 0.1) is 11.8 Å². The van der Waals surface area contributed by atoms with E-state index in [-0.39, 0.29) is 0 Å². The molecule has 6 atom stereocenters. The summed E-state index contributed by atoms with van der Waals surface area (Å²) < 4.78 is 0. The van der Waals surface area contributed by atoms with E-state index in [1.807, 2.05) is 12.1 Å². The summed E-state index contributed by atoms with van der Waals surface area (Å²) in [7, 11) is 0. The first-order valence-corrected chi connectivity index (χ1v) is 17.7. The van der Waals surface area contributed by atoms with Crippen LogP contribution in [0.15, 0.2) is 36.4 Å². The number of rotatable bonds is 7. The van der Waals surface area contributed by atoms with Crippen LogP contribution in [-0.4, -0.2) is 58.3 Å². The van der Waals surface area contributed by atoms with E-state index >= 15 is 0 Å². The van der Waals surface area contributed by atoms with Crippen LogP contribution in [0.1, 0.15) is 112 Å². The summed E-state index contributed by atoms with van der Waals surface area (Å²) in [6.45, 7) is 5.03. The van der Waals surface area contributed by atoms with Gasteiger partial charge in [0.05, 0.1) is 0 Å². The summed E-state index contributed by atoms with van der Waals surface area (Å²) in [6.07, 6.45) is 21.2. The molecule has 0 aromatic heterocycles.